The Kier molecular flexibility index (Phi) is 8.73. The summed E-state index contributed by atoms with van der Waals surface area (Å²) in [4.78, 5) is 40.6. The standard InChI is InChI=1S/C26H33N3O6S/c1-5-22(25(31)27-16-18(2)3)28(17-19-9-8-10-20(15-19)35-4)24(30)13-14-29-26(32)21-11-6-7-12-23(21)36(29,33)34/h6-12,15,18,22H,5,13-14,16-17H2,1-4H3,(H,27,31)/t22-/m0/s1. The quantitative estimate of drug-likeness (QED) is 0.492. The lowest BCUT2D eigenvalue weighted by Crippen LogP contribution is -2.50. The topological polar surface area (TPSA) is 113 Å². The molecule has 10 heteroatoms. The summed E-state index contributed by atoms with van der Waals surface area (Å²) < 4.78 is 31.8. The second kappa shape index (κ2) is 11.6. The van der Waals surface area contributed by atoms with Crippen molar-refractivity contribution in [3.8, 4) is 5.75 Å². The highest BCUT2D eigenvalue weighted by atomic mass is 32.2. The molecule has 1 heterocycles. The lowest BCUT2D eigenvalue weighted by atomic mass is 10.1. The molecule has 0 saturated heterocycles. The van der Waals surface area contributed by atoms with E-state index in [0.717, 1.165) is 9.87 Å². The van der Waals surface area contributed by atoms with Crippen LogP contribution in [0.3, 0.4) is 0 Å². The first-order valence-corrected chi connectivity index (χ1v) is 13.4. The molecule has 1 aliphatic rings. The second-order valence-electron chi connectivity index (χ2n) is 9.06. The van der Waals surface area contributed by atoms with Crippen molar-refractivity contribution < 1.29 is 27.5 Å². The van der Waals surface area contributed by atoms with Gasteiger partial charge in [-0.05, 0) is 42.2 Å². The smallest absolute Gasteiger partial charge is 0.269 e. The number of nitrogens with zero attached hydrogens (tertiary/aromatic N) is 2. The first kappa shape index (κ1) is 27.2. The van der Waals surface area contributed by atoms with E-state index >= 15 is 0 Å². The van der Waals surface area contributed by atoms with E-state index in [9.17, 15) is 22.8 Å². The third-order valence-corrected chi connectivity index (χ3v) is 7.84. The fourth-order valence-corrected chi connectivity index (χ4v) is 5.67. The van der Waals surface area contributed by atoms with Crippen LogP contribution in [0.15, 0.2) is 53.4 Å². The van der Waals surface area contributed by atoms with E-state index in [-0.39, 0.29) is 41.8 Å². The molecule has 194 valence electrons. The van der Waals surface area contributed by atoms with Gasteiger partial charge in [0.2, 0.25) is 11.8 Å². The van der Waals surface area contributed by atoms with Gasteiger partial charge in [0, 0.05) is 26.1 Å². The number of carbonyl (C=O) groups is 3. The molecule has 2 aromatic carbocycles. The van der Waals surface area contributed by atoms with Crippen LogP contribution in [0.2, 0.25) is 0 Å². The van der Waals surface area contributed by atoms with E-state index in [1.165, 1.54) is 17.0 Å². The van der Waals surface area contributed by atoms with Gasteiger partial charge in [-0.2, -0.15) is 0 Å². The van der Waals surface area contributed by atoms with Crippen LogP contribution < -0.4 is 10.1 Å². The summed E-state index contributed by atoms with van der Waals surface area (Å²) in [5, 5.41) is 2.89. The van der Waals surface area contributed by atoms with Crippen LogP contribution in [0.25, 0.3) is 0 Å². The van der Waals surface area contributed by atoms with Crippen molar-refractivity contribution in [3.63, 3.8) is 0 Å². The number of rotatable bonds is 11. The molecule has 9 nitrogen and oxygen atoms in total. The van der Waals surface area contributed by atoms with E-state index in [1.807, 2.05) is 26.8 Å². The molecule has 1 N–H and O–H groups in total. The van der Waals surface area contributed by atoms with Gasteiger partial charge in [-0.1, -0.05) is 45.0 Å². The number of nitrogens with one attached hydrogen (secondary N) is 1. The summed E-state index contributed by atoms with van der Waals surface area (Å²) in [5.41, 5.74) is 0.854. The molecule has 0 saturated carbocycles. The number of ether oxygens (including phenoxy) is 1. The summed E-state index contributed by atoms with van der Waals surface area (Å²) in [6, 6.07) is 12.4. The Morgan fingerprint density at radius 1 is 1.11 bits per heavy atom. The zero-order valence-corrected chi connectivity index (χ0v) is 21.9. The van der Waals surface area contributed by atoms with Gasteiger partial charge >= 0.3 is 0 Å². The Morgan fingerprint density at radius 2 is 1.83 bits per heavy atom. The van der Waals surface area contributed by atoms with E-state index < -0.39 is 27.9 Å². The Morgan fingerprint density at radius 3 is 2.47 bits per heavy atom. The van der Waals surface area contributed by atoms with Crippen molar-refractivity contribution in [3.05, 3.63) is 59.7 Å². The van der Waals surface area contributed by atoms with Gasteiger partial charge in [0.05, 0.1) is 12.7 Å². The third kappa shape index (κ3) is 5.87. The molecule has 0 spiro atoms. The van der Waals surface area contributed by atoms with Crippen LogP contribution in [-0.2, 0) is 26.2 Å². The minimum absolute atomic E-state index is 0.0600. The minimum Gasteiger partial charge on any atom is -0.497 e. The van der Waals surface area contributed by atoms with Gasteiger partial charge < -0.3 is 15.0 Å². The monoisotopic (exact) mass is 515 g/mol. The first-order valence-electron chi connectivity index (χ1n) is 12.0. The molecular formula is C26H33N3O6S. The molecule has 0 bridgehead atoms. The Balaban J connectivity index is 1.83. The molecule has 3 amide bonds. The van der Waals surface area contributed by atoms with Gasteiger partial charge in [0.15, 0.2) is 0 Å². The van der Waals surface area contributed by atoms with Crippen LogP contribution in [-0.4, -0.2) is 61.6 Å². The number of amides is 3. The van der Waals surface area contributed by atoms with Gasteiger partial charge in [-0.15, -0.1) is 0 Å². The summed E-state index contributed by atoms with van der Waals surface area (Å²) in [5.74, 6) is -0.506. The van der Waals surface area contributed by atoms with Crippen molar-refractivity contribution in [1.82, 2.24) is 14.5 Å². The molecule has 0 radical (unpaired) electrons. The summed E-state index contributed by atoms with van der Waals surface area (Å²) in [6.45, 7) is 6.06. The van der Waals surface area contributed by atoms with Crippen LogP contribution in [0, 0.1) is 5.92 Å². The van der Waals surface area contributed by atoms with Crippen LogP contribution in [0.1, 0.15) is 49.5 Å². The lowest BCUT2D eigenvalue weighted by molar-refractivity contribution is -0.141. The fourth-order valence-electron chi connectivity index (χ4n) is 4.10. The molecule has 0 unspecified atom stereocenters. The van der Waals surface area contributed by atoms with Gasteiger partial charge in [0.1, 0.15) is 16.7 Å². The second-order valence-corrected chi connectivity index (χ2v) is 10.9. The maximum absolute atomic E-state index is 13.5. The van der Waals surface area contributed by atoms with Crippen LogP contribution >= 0.6 is 0 Å². The van der Waals surface area contributed by atoms with Crippen molar-refractivity contribution in [1.29, 1.82) is 0 Å². The maximum atomic E-state index is 13.5. The maximum Gasteiger partial charge on any atom is 0.269 e. The third-order valence-electron chi connectivity index (χ3n) is 6.00. The Hall–Kier alpha value is -3.40. The number of carbonyl (C=O) groups excluding carboxylic acids is 3. The van der Waals surface area contributed by atoms with Crippen molar-refractivity contribution in [2.24, 2.45) is 5.92 Å². The summed E-state index contributed by atoms with van der Waals surface area (Å²) in [7, 11) is -2.48. The first-order chi connectivity index (χ1) is 17.1. The SMILES string of the molecule is CC[C@@H](C(=O)NCC(C)C)N(Cc1cccc(OC)c1)C(=O)CCN1C(=O)c2ccccc2S1(=O)=O. The van der Waals surface area contributed by atoms with Crippen LogP contribution in [0.4, 0.5) is 0 Å². The predicted octanol–water partition coefficient (Wildman–Crippen LogP) is 2.81. The average Bonchev–Trinajstić information content (AvgIpc) is 3.06. The zero-order valence-electron chi connectivity index (χ0n) is 21.1. The average molecular weight is 516 g/mol. The number of fused-ring (bicyclic) bond motifs is 1. The highest BCUT2D eigenvalue weighted by Gasteiger charge is 2.41. The number of hydrogen-bond donors (Lipinski definition) is 1. The lowest BCUT2D eigenvalue weighted by Gasteiger charge is -2.31. The van der Waals surface area contributed by atoms with E-state index in [0.29, 0.717) is 18.7 Å². The van der Waals surface area contributed by atoms with Gasteiger partial charge in [-0.3, -0.25) is 14.4 Å². The largest absolute Gasteiger partial charge is 0.497 e. The van der Waals surface area contributed by atoms with Gasteiger partial charge in [-0.25, -0.2) is 12.7 Å². The fraction of sp³-hybridized carbons (Fsp3) is 0.423. The zero-order chi connectivity index (χ0) is 26.5. The number of hydrogen-bond acceptors (Lipinski definition) is 6. The van der Waals surface area contributed by atoms with E-state index in [4.69, 9.17) is 4.74 Å². The molecule has 36 heavy (non-hydrogen) atoms. The summed E-state index contributed by atoms with van der Waals surface area (Å²) >= 11 is 0. The molecule has 0 fully saturated rings. The molecule has 1 aliphatic heterocycles. The molecule has 1 atom stereocenters. The van der Waals surface area contributed by atoms with Gasteiger partial charge in [0.25, 0.3) is 15.9 Å². The Bertz CT molecular complexity index is 1230. The minimum atomic E-state index is -4.03. The number of methoxy groups -OCH3 is 1. The van der Waals surface area contributed by atoms with Crippen molar-refractivity contribution in [2.45, 2.75) is 51.1 Å². The molecule has 0 aromatic heterocycles. The molecule has 2 aromatic rings. The number of sulfonamides is 1. The van der Waals surface area contributed by atoms with E-state index in [2.05, 4.69) is 5.32 Å². The normalized spacial score (nSPS) is 14.9. The van der Waals surface area contributed by atoms with Crippen molar-refractivity contribution in [2.75, 3.05) is 20.2 Å². The highest BCUT2D eigenvalue weighted by Crippen LogP contribution is 2.30. The van der Waals surface area contributed by atoms with E-state index in [1.54, 1.807) is 37.4 Å². The summed E-state index contributed by atoms with van der Waals surface area (Å²) in [6.07, 6.45) is 0.114. The highest BCUT2D eigenvalue weighted by molar-refractivity contribution is 7.90. The predicted molar refractivity (Wildman–Crippen MR) is 135 cm³/mol. The molecule has 0 aliphatic carbocycles. The van der Waals surface area contributed by atoms with Crippen molar-refractivity contribution >= 4 is 27.7 Å². The number of benzene rings is 2. The molecular weight excluding hydrogens is 482 g/mol. The Labute approximate surface area is 212 Å². The molecule has 3 rings (SSSR count). The van der Waals surface area contributed by atoms with Crippen LogP contribution in [0.5, 0.6) is 5.75 Å².